The van der Waals surface area contributed by atoms with E-state index in [1.165, 1.54) is 11.1 Å². The van der Waals surface area contributed by atoms with Crippen LogP contribution in [-0.4, -0.2) is 30.4 Å². The van der Waals surface area contributed by atoms with Crippen LogP contribution in [0.3, 0.4) is 0 Å². The zero-order valence-electron chi connectivity index (χ0n) is 13.0. The predicted molar refractivity (Wildman–Crippen MR) is 95.2 cm³/mol. The molecule has 3 aromatic rings. The minimum Gasteiger partial charge on any atom is -0.368 e. The second-order valence-corrected chi connectivity index (χ2v) is 7.12. The molecule has 120 valence electrons. The third kappa shape index (κ3) is 2.16. The van der Waals surface area contributed by atoms with Crippen LogP contribution in [0, 0.1) is 0 Å². The first kappa shape index (κ1) is 13.9. The molecule has 0 fully saturated rings. The van der Waals surface area contributed by atoms with E-state index in [0.29, 0.717) is 12.6 Å². The van der Waals surface area contributed by atoms with E-state index in [1.807, 2.05) is 4.68 Å². The van der Waals surface area contributed by atoms with Gasteiger partial charge in [-0.2, -0.15) is 10.1 Å². The molecule has 0 atom stereocenters. The molecule has 0 unspecified atom stereocenters. The van der Waals surface area contributed by atoms with Crippen LogP contribution >= 0.6 is 11.8 Å². The summed E-state index contributed by atoms with van der Waals surface area (Å²) in [6.45, 7) is 1.52. The number of hydrogen-bond acceptors (Lipinski definition) is 6. The van der Waals surface area contributed by atoms with Gasteiger partial charge in [-0.3, -0.25) is 0 Å². The summed E-state index contributed by atoms with van der Waals surface area (Å²) in [6.07, 6.45) is 5.22. The molecule has 2 aromatic heterocycles. The van der Waals surface area contributed by atoms with Crippen LogP contribution in [0.2, 0.25) is 0 Å². The number of thioether (sulfide) groups is 1. The highest BCUT2D eigenvalue weighted by molar-refractivity contribution is 7.99. The lowest BCUT2D eigenvalue weighted by Crippen LogP contribution is -2.24. The number of nitrogens with two attached hydrogens (primary N) is 1. The van der Waals surface area contributed by atoms with Crippen molar-refractivity contribution in [3.8, 4) is 0 Å². The van der Waals surface area contributed by atoms with Gasteiger partial charge < -0.3 is 10.6 Å². The van der Waals surface area contributed by atoms with Crippen molar-refractivity contribution < 1.29 is 0 Å². The SMILES string of the molecule is Nc1nc2c3c(nn(CN4C=Cc5ccccc5C4)c3n1)CCS2. The first-order valence-electron chi connectivity index (χ1n) is 7.94. The average molecular weight is 336 g/mol. The number of aryl methyl sites for hydroxylation is 1. The third-order valence-electron chi connectivity index (χ3n) is 4.44. The Hall–Kier alpha value is -2.54. The Balaban J connectivity index is 1.53. The summed E-state index contributed by atoms with van der Waals surface area (Å²) in [7, 11) is 0. The third-order valence-corrected chi connectivity index (χ3v) is 5.41. The maximum Gasteiger partial charge on any atom is 0.223 e. The quantitative estimate of drug-likeness (QED) is 0.725. The Kier molecular flexibility index (Phi) is 3.02. The summed E-state index contributed by atoms with van der Waals surface area (Å²) in [5.41, 5.74) is 10.4. The zero-order valence-corrected chi connectivity index (χ0v) is 13.8. The minimum absolute atomic E-state index is 0.319. The molecule has 0 spiro atoms. The summed E-state index contributed by atoms with van der Waals surface area (Å²) in [6, 6.07) is 8.46. The van der Waals surface area contributed by atoms with Gasteiger partial charge >= 0.3 is 0 Å². The summed E-state index contributed by atoms with van der Waals surface area (Å²) in [5, 5.41) is 6.81. The highest BCUT2D eigenvalue weighted by Crippen LogP contribution is 2.34. The van der Waals surface area contributed by atoms with Gasteiger partial charge in [0.05, 0.1) is 11.1 Å². The monoisotopic (exact) mass is 336 g/mol. The smallest absolute Gasteiger partial charge is 0.223 e. The molecule has 0 amide bonds. The van der Waals surface area contributed by atoms with E-state index < -0.39 is 0 Å². The molecule has 1 aromatic carbocycles. The van der Waals surface area contributed by atoms with Crippen molar-refractivity contribution in [2.45, 2.75) is 24.7 Å². The van der Waals surface area contributed by atoms with Gasteiger partial charge in [-0.15, -0.1) is 11.8 Å². The van der Waals surface area contributed by atoms with Crippen LogP contribution in [0.15, 0.2) is 35.5 Å². The summed E-state index contributed by atoms with van der Waals surface area (Å²) in [5.74, 6) is 1.31. The lowest BCUT2D eigenvalue weighted by atomic mass is 10.1. The van der Waals surface area contributed by atoms with Crippen LogP contribution < -0.4 is 5.73 Å². The number of nitrogens with zero attached hydrogens (tertiary/aromatic N) is 5. The van der Waals surface area contributed by atoms with Gasteiger partial charge in [0, 0.05) is 24.9 Å². The van der Waals surface area contributed by atoms with Crippen molar-refractivity contribution in [1.82, 2.24) is 24.6 Å². The average Bonchev–Trinajstić information content (AvgIpc) is 2.93. The van der Waals surface area contributed by atoms with E-state index in [9.17, 15) is 0 Å². The molecular formula is C17H16N6S. The highest BCUT2D eigenvalue weighted by Gasteiger charge is 2.23. The van der Waals surface area contributed by atoms with Crippen LogP contribution in [0.25, 0.3) is 17.1 Å². The van der Waals surface area contributed by atoms with E-state index in [2.05, 4.69) is 51.4 Å². The van der Waals surface area contributed by atoms with E-state index in [4.69, 9.17) is 10.8 Å². The van der Waals surface area contributed by atoms with Crippen molar-refractivity contribution >= 4 is 34.8 Å². The van der Waals surface area contributed by atoms with Crippen LogP contribution in [0.4, 0.5) is 5.95 Å². The molecule has 5 rings (SSSR count). The number of benzene rings is 1. The van der Waals surface area contributed by atoms with E-state index in [-0.39, 0.29) is 0 Å². The normalized spacial score (nSPS) is 15.8. The largest absolute Gasteiger partial charge is 0.368 e. The molecule has 0 bridgehead atoms. The number of fused-ring (bicyclic) bond motifs is 1. The number of rotatable bonds is 2. The predicted octanol–water partition coefficient (Wildman–Crippen LogP) is 2.50. The molecule has 7 heteroatoms. The number of nitrogen functional groups attached to an aromatic ring is 1. The Morgan fingerprint density at radius 2 is 2.12 bits per heavy atom. The molecule has 24 heavy (non-hydrogen) atoms. The van der Waals surface area contributed by atoms with Crippen molar-refractivity contribution in [2.75, 3.05) is 11.5 Å². The van der Waals surface area contributed by atoms with Crippen molar-refractivity contribution in [3.05, 3.63) is 47.3 Å². The van der Waals surface area contributed by atoms with Gasteiger partial charge in [-0.1, -0.05) is 24.3 Å². The van der Waals surface area contributed by atoms with Crippen LogP contribution in [0.1, 0.15) is 16.8 Å². The van der Waals surface area contributed by atoms with Gasteiger partial charge in [0.15, 0.2) is 5.65 Å². The van der Waals surface area contributed by atoms with Crippen LogP contribution in [0.5, 0.6) is 0 Å². The molecule has 4 heterocycles. The molecule has 6 nitrogen and oxygen atoms in total. The molecular weight excluding hydrogens is 320 g/mol. The highest BCUT2D eigenvalue weighted by atomic mass is 32.2. The molecule has 2 aliphatic rings. The first-order valence-corrected chi connectivity index (χ1v) is 8.92. The van der Waals surface area contributed by atoms with Gasteiger partial charge in [-0.25, -0.2) is 9.67 Å². The van der Waals surface area contributed by atoms with Gasteiger partial charge in [0.2, 0.25) is 5.95 Å². The van der Waals surface area contributed by atoms with E-state index >= 15 is 0 Å². The molecule has 2 N–H and O–H groups in total. The van der Waals surface area contributed by atoms with Crippen molar-refractivity contribution in [3.63, 3.8) is 0 Å². The van der Waals surface area contributed by atoms with Crippen molar-refractivity contribution in [2.24, 2.45) is 0 Å². The second-order valence-electron chi connectivity index (χ2n) is 6.03. The molecule has 0 aliphatic carbocycles. The number of aromatic nitrogens is 4. The molecule has 2 aliphatic heterocycles. The zero-order chi connectivity index (χ0) is 16.1. The fourth-order valence-electron chi connectivity index (χ4n) is 3.32. The van der Waals surface area contributed by atoms with E-state index in [0.717, 1.165) is 40.5 Å². The topological polar surface area (TPSA) is 72.9 Å². The molecule has 0 saturated carbocycles. The van der Waals surface area contributed by atoms with Gasteiger partial charge in [-0.05, 0) is 17.2 Å². The molecule has 0 saturated heterocycles. The lowest BCUT2D eigenvalue weighted by Gasteiger charge is -2.25. The number of anilines is 1. The Morgan fingerprint density at radius 3 is 3.08 bits per heavy atom. The fraction of sp³-hybridized carbons (Fsp3) is 0.235. The first-order chi connectivity index (χ1) is 11.8. The Bertz CT molecular complexity index is 977. The Labute approximate surface area is 143 Å². The van der Waals surface area contributed by atoms with Crippen molar-refractivity contribution in [1.29, 1.82) is 0 Å². The van der Waals surface area contributed by atoms with Crippen LogP contribution in [-0.2, 0) is 19.6 Å². The van der Waals surface area contributed by atoms with E-state index in [1.54, 1.807) is 11.8 Å². The van der Waals surface area contributed by atoms with Gasteiger partial charge in [0.25, 0.3) is 0 Å². The maximum atomic E-state index is 5.89. The summed E-state index contributed by atoms with van der Waals surface area (Å²) >= 11 is 1.73. The summed E-state index contributed by atoms with van der Waals surface area (Å²) < 4.78 is 1.95. The minimum atomic E-state index is 0.319. The summed E-state index contributed by atoms with van der Waals surface area (Å²) in [4.78, 5) is 11.1. The standard InChI is InChI=1S/C17H16N6S/c18-17-19-15-14-13(6-8-24-16(14)20-17)21-23(15)10-22-7-5-11-3-1-2-4-12(11)9-22/h1-5,7H,6,8-10H2,(H2,18,19,20). The maximum absolute atomic E-state index is 5.89. The van der Waals surface area contributed by atoms with Gasteiger partial charge in [0.1, 0.15) is 11.7 Å². The molecule has 0 radical (unpaired) electrons. The fourth-order valence-corrected chi connectivity index (χ4v) is 4.32. The number of hydrogen-bond donors (Lipinski definition) is 1. The second kappa shape index (κ2) is 5.24. The Morgan fingerprint density at radius 1 is 1.21 bits per heavy atom. The lowest BCUT2D eigenvalue weighted by molar-refractivity contribution is 0.282.